The molecule has 11 aromatic rings. The van der Waals surface area contributed by atoms with Gasteiger partial charge in [-0.25, -0.2) is 0 Å². The molecule has 0 aliphatic rings. The third-order valence-corrected chi connectivity index (χ3v) is 12.0. The number of hydrogen-bond donors (Lipinski definition) is 0. The summed E-state index contributed by atoms with van der Waals surface area (Å²) in [6.45, 7) is 0. The van der Waals surface area contributed by atoms with Crippen LogP contribution in [0, 0.1) is 0 Å². The van der Waals surface area contributed by atoms with Gasteiger partial charge in [0.15, 0.2) is 0 Å². The maximum atomic E-state index is 2.46. The van der Waals surface area contributed by atoms with Crippen molar-refractivity contribution >= 4 is 38.9 Å². The minimum Gasteiger partial charge on any atom is -0.310 e. The fraction of sp³-hybridized carbons (Fsp3) is 0. The average molecular weight is 791 g/mol. The largest absolute Gasteiger partial charge is 0.310 e. The first kappa shape index (κ1) is 36.8. The van der Waals surface area contributed by atoms with Gasteiger partial charge in [0.2, 0.25) is 0 Å². The van der Waals surface area contributed by atoms with Gasteiger partial charge in [-0.15, -0.1) is 0 Å². The lowest BCUT2D eigenvalue weighted by Crippen LogP contribution is -2.11. The van der Waals surface area contributed by atoms with Gasteiger partial charge in [0.25, 0.3) is 0 Å². The molecule has 1 aromatic heterocycles. The summed E-state index contributed by atoms with van der Waals surface area (Å²) in [6.07, 6.45) is 0. The zero-order valence-electron chi connectivity index (χ0n) is 34.1. The molecule has 10 aromatic carbocycles. The summed E-state index contributed by atoms with van der Waals surface area (Å²) in [7, 11) is 0. The molecule has 1 heterocycles. The Kier molecular flexibility index (Phi) is 9.57. The summed E-state index contributed by atoms with van der Waals surface area (Å²) >= 11 is 0. The van der Waals surface area contributed by atoms with Crippen LogP contribution in [0.3, 0.4) is 0 Å². The molecule has 0 radical (unpaired) electrons. The maximum absolute atomic E-state index is 2.46. The molecule has 62 heavy (non-hydrogen) atoms. The van der Waals surface area contributed by atoms with Crippen LogP contribution in [0.25, 0.3) is 83.1 Å². The van der Waals surface area contributed by atoms with Gasteiger partial charge in [-0.1, -0.05) is 200 Å². The van der Waals surface area contributed by atoms with Gasteiger partial charge in [0.1, 0.15) is 0 Å². The number of benzene rings is 10. The lowest BCUT2D eigenvalue weighted by molar-refractivity contribution is 1.18. The van der Waals surface area contributed by atoms with Gasteiger partial charge in [-0.05, 0) is 99.1 Å². The van der Waals surface area contributed by atoms with Crippen molar-refractivity contribution in [3.63, 3.8) is 0 Å². The molecule has 11 rings (SSSR count). The van der Waals surface area contributed by atoms with E-state index in [1.165, 1.54) is 66.3 Å². The quantitative estimate of drug-likeness (QED) is 0.141. The normalized spacial score (nSPS) is 11.2. The summed E-state index contributed by atoms with van der Waals surface area (Å²) in [5.41, 5.74) is 18.7. The SMILES string of the molecule is c1ccc(-c2cccc(N(c3ccccc3)c3ccccc3-c3ccc(-c4ccc5c6ccccc6n(-c6ccc(-c7ccccc7)cc6-c6ccccc6)c5c4)cc3)c2)cc1. The second kappa shape index (κ2) is 16.1. The molecule has 0 fully saturated rings. The summed E-state index contributed by atoms with van der Waals surface area (Å²) < 4.78 is 2.46. The molecule has 0 N–H and O–H groups in total. The summed E-state index contributed by atoms with van der Waals surface area (Å²) in [5, 5.41) is 2.47. The van der Waals surface area contributed by atoms with Crippen molar-refractivity contribution in [2.24, 2.45) is 0 Å². The van der Waals surface area contributed by atoms with Crippen molar-refractivity contribution in [2.75, 3.05) is 4.90 Å². The van der Waals surface area contributed by atoms with E-state index in [0.29, 0.717) is 0 Å². The predicted octanol–water partition coefficient (Wildman–Crippen LogP) is 16.6. The van der Waals surface area contributed by atoms with Crippen LogP contribution in [-0.2, 0) is 0 Å². The third-order valence-electron chi connectivity index (χ3n) is 12.0. The Morgan fingerprint density at radius 1 is 0.258 bits per heavy atom. The van der Waals surface area contributed by atoms with Crippen molar-refractivity contribution in [3.05, 3.63) is 255 Å². The highest BCUT2D eigenvalue weighted by Gasteiger charge is 2.20. The van der Waals surface area contributed by atoms with Crippen LogP contribution in [0.1, 0.15) is 0 Å². The fourth-order valence-corrected chi connectivity index (χ4v) is 9.01. The number of rotatable bonds is 9. The number of para-hydroxylation sites is 3. The van der Waals surface area contributed by atoms with Crippen molar-refractivity contribution in [3.8, 4) is 61.3 Å². The topological polar surface area (TPSA) is 8.17 Å². The van der Waals surface area contributed by atoms with Crippen molar-refractivity contribution < 1.29 is 0 Å². The molecule has 0 spiro atoms. The van der Waals surface area contributed by atoms with E-state index < -0.39 is 0 Å². The molecule has 0 amide bonds. The minimum absolute atomic E-state index is 1.11. The fourth-order valence-electron chi connectivity index (χ4n) is 9.01. The first-order valence-electron chi connectivity index (χ1n) is 21.3. The van der Waals surface area contributed by atoms with Crippen LogP contribution in [0.15, 0.2) is 255 Å². The van der Waals surface area contributed by atoms with E-state index >= 15 is 0 Å². The Labute approximate surface area is 362 Å². The first-order valence-corrected chi connectivity index (χ1v) is 21.3. The Morgan fingerprint density at radius 2 is 0.726 bits per heavy atom. The first-order chi connectivity index (χ1) is 30.8. The number of aromatic nitrogens is 1. The standard InChI is InChI=1S/C60H42N2/c1-5-18-43(19-6-1)48-24-17-27-52(40-48)61(51-25-11-4-12-26-51)57-30-15-13-28-53(57)47-34-32-45(33-35-47)50-36-38-55-54-29-14-16-31-58(54)62(60(55)42-50)59-39-37-49(44-20-7-2-8-21-44)41-56(59)46-22-9-3-10-23-46/h1-42H. The van der Waals surface area contributed by atoms with E-state index in [-0.39, 0.29) is 0 Å². The van der Waals surface area contributed by atoms with Crippen LogP contribution >= 0.6 is 0 Å². The second-order valence-electron chi connectivity index (χ2n) is 15.7. The van der Waals surface area contributed by atoms with Crippen molar-refractivity contribution in [1.82, 2.24) is 4.57 Å². The molecule has 0 aliphatic carbocycles. The number of hydrogen-bond acceptors (Lipinski definition) is 1. The highest BCUT2D eigenvalue weighted by Crippen LogP contribution is 2.43. The molecule has 0 unspecified atom stereocenters. The Balaban J connectivity index is 1.01. The van der Waals surface area contributed by atoms with Gasteiger partial charge in [0.05, 0.1) is 22.4 Å². The summed E-state index contributed by atoms with van der Waals surface area (Å²) in [5.74, 6) is 0. The molecule has 0 atom stereocenters. The summed E-state index contributed by atoms with van der Waals surface area (Å²) in [6, 6.07) is 92.0. The third kappa shape index (κ3) is 6.84. The smallest absolute Gasteiger partial charge is 0.0547 e. The Hall–Kier alpha value is -8.20. The van der Waals surface area contributed by atoms with E-state index in [1.54, 1.807) is 0 Å². The zero-order chi connectivity index (χ0) is 41.2. The van der Waals surface area contributed by atoms with Crippen LogP contribution < -0.4 is 4.90 Å². The van der Waals surface area contributed by atoms with Crippen molar-refractivity contribution in [1.29, 1.82) is 0 Å². The molecular formula is C60H42N2. The summed E-state index contributed by atoms with van der Waals surface area (Å²) in [4.78, 5) is 2.37. The van der Waals surface area contributed by atoms with Gasteiger partial charge >= 0.3 is 0 Å². The van der Waals surface area contributed by atoms with E-state index in [2.05, 4.69) is 264 Å². The van der Waals surface area contributed by atoms with E-state index in [9.17, 15) is 0 Å². The maximum Gasteiger partial charge on any atom is 0.0547 e. The second-order valence-corrected chi connectivity index (χ2v) is 15.7. The minimum atomic E-state index is 1.11. The van der Waals surface area contributed by atoms with Gasteiger partial charge in [0, 0.05) is 33.3 Å². The van der Waals surface area contributed by atoms with Crippen LogP contribution in [0.4, 0.5) is 17.1 Å². The molecule has 2 nitrogen and oxygen atoms in total. The van der Waals surface area contributed by atoms with E-state index in [0.717, 1.165) is 33.9 Å². The predicted molar refractivity (Wildman–Crippen MR) is 263 cm³/mol. The molecule has 2 heteroatoms. The Morgan fingerprint density at radius 3 is 1.45 bits per heavy atom. The highest BCUT2D eigenvalue weighted by atomic mass is 15.1. The molecule has 0 bridgehead atoms. The van der Waals surface area contributed by atoms with Crippen molar-refractivity contribution in [2.45, 2.75) is 0 Å². The van der Waals surface area contributed by atoms with Gasteiger partial charge < -0.3 is 9.47 Å². The molecular weight excluding hydrogens is 749 g/mol. The molecule has 0 saturated heterocycles. The number of nitrogens with zero attached hydrogens (tertiary/aromatic N) is 2. The zero-order valence-corrected chi connectivity index (χ0v) is 34.1. The van der Waals surface area contributed by atoms with Crippen LogP contribution in [0.5, 0.6) is 0 Å². The van der Waals surface area contributed by atoms with Gasteiger partial charge in [-0.3, -0.25) is 0 Å². The molecule has 0 saturated carbocycles. The molecule has 292 valence electrons. The van der Waals surface area contributed by atoms with Crippen LogP contribution in [-0.4, -0.2) is 4.57 Å². The number of fused-ring (bicyclic) bond motifs is 3. The van der Waals surface area contributed by atoms with E-state index in [1.807, 2.05) is 0 Å². The number of anilines is 3. The van der Waals surface area contributed by atoms with Crippen LogP contribution in [0.2, 0.25) is 0 Å². The average Bonchev–Trinajstić information content (AvgIpc) is 3.69. The van der Waals surface area contributed by atoms with E-state index in [4.69, 9.17) is 0 Å². The Bertz CT molecular complexity index is 3310. The lowest BCUT2D eigenvalue weighted by Gasteiger charge is -2.28. The van der Waals surface area contributed by atoms with Gasteiger partial charge in [-0.2, -0.15) is 0 Å². The highest BCUT2D eigenvalue weighted by molar-refractivity contribution is 6.11. The molecule has 0 aliphatic heterocycles. The monoisotopic (exact) mass is 790 g/mol. The lowest BCUT2D eigenvalue weighted by atomic mass is 9.96.